The summed E-state index contributed by atoms with van der Waals surface area (Å²) in [6.07, 6.45) is 1.82. The van der Waals surface area contributed by atoms with Crippen molar-refractivity contribution in [2.45, 2.75) is 39.2 Å². The zero-order valence-electron chi connectivity index (χ0n) is 13.2. The lowest BCUT2D eigenvalue weighted by Crippen LogP contribution is -2.46. The van der Waals surface area contributed by atoms with Gasteiger partial charge in [-0.15, -0.1) is 0 Å². The molecule has 0 bridgehead atoms. The van der Waals surface area contributed by atoms with Crippen molar-refractivity contribution in [2.75, 3.05) is 19.6 Å². The summed E-state index contributed by atoms with van der Waals surface area (Å²) in [7, 11) is -3.46. The number of hydrogen-bond donors (Lipinski definition) is 0. The molecule has 1 aromatic rings. The number of nitrogens with zero attached hydrogens (tertiary/aromatic N) is 2. The molecule has 0 aromatic heterocycles. The summed E-state index contributed by atoms with van der Waals surface area (Å²) >= 11 is 0. The van der Waals surface area contributed by atoms with Gasteiger partial charge in [0.2, 0.25) is 0 Å². The number of carbonyl (C=O) groups excluding carboxylic acids is 1. The summed E-state index contributed by atoms with van der Waals surface area (Å²) < 4.78 is 28.3. The number of Topliss-reactive ketones (excluding diaryl/α,β-unsaturated/α-hetero) is 1. The van der Waals surface area contributed by atoms with E-state index >= 15 is 0 Å². The Morgan fingerprint density at radius 1 is 1.23 bits per heavy atom. The molecule has 6 heteroatoms. The standard InChI is InChI=1S/C16H24N2O3S/c1-3-17(4-2)22(20,21)18-12-8-11-15(18)13-16(19)14-9-6-5-7-10-14/h5-7,9-10,15H,3-4,8,11-13H2,1-2H3/t15-/m0/s1. The van der Waals surface area contributed by atoms with Crippen LogP contribution in [0.1, 0.15) is 43.5 Å². The van der Waals surface area contributed by atoms with Gasteiger partial charge in [-0.25, -0.2) is 0 Å². The second-order valence-electron chi connectivity index (χ2n) is 5.49. The van der Waals surface area contributed by atoms with Gasteiger partial charge in [0.15, 0.2) is 5.78 Å². The van der Waals surface area contributed by atoms with E-state index in [1.807, 2.05) is 32.0 Å². The Bertz CT molecular complexity index is 597. The minimum atomic E-state index is -3.46. The van der Waals surface area contributed by atoms with Crippen molar-refractivity contribution in [3.05, 3.63) is 35.9 Å². The number of benzene rings is 1. The fraction of sp³-hybridized carbons (Fsp3) is 0.562. The summed E-state index contributed by atoms with van der Waals surface area (Å²) in [6.45, 7) is 5.08. The van der Waals surface area contributed by atoms with Crippen LogP contribution in [0.3, 0.4) is 0 Å². The Morgan fingerprint density at radius 3 is 2.45 bits per heavy atom. The summed E-state index contributed by atoms with van der Waals surface area (Å²) in [5.41, 5.74) is 0.648. The fourth-order valence-corrected chi connectivity index (χ4v) is 4.84. The van der Waals surface area contributed by atoms with E-state index in [4.69, 9.17) is 0 Å². The fourth-order valence-electron chi connectivity index (χ4n) is 2.97. The topological polar surface area (TPSA) is 57.7 Å². The molecule has 1 fully saturated rings. The molecule has 0 saturated carbocycles. The van der Waals surface area contributed by atoms with Crippen LogP contribution in [-0.4, -0.2) is 48.5 Å². The maximum Gasteiger partial charge on any atom is 0.282 e. The van der Waals surface area contributed by atoms with Crippen LogP contribution in [0.4, 0.5) is 0 Å². The van der Waals surface area contributed by atoms with Crippen LogP contribution in [0.15, 0.2) is 30.3 Å². The molecule has 0 N–H and O–H groups in total. The SMILES string of the molecule is CCN(CC)S(=O)(=O)N1CCC[C@H]1CC(=O)c1ccccc1. The molecular weight excluding hydrogens is 300 g/mol. The summed E-state index contributed by atoms with van der Waals surface area (Å²) in [5.74, 6) is 0.00671. The molecule has 1 aliphatic rings. The Kier molecular flexibility index (Phi) is 5.72. The highest BCUT2D eigenvalue weighted by Crippen LogP contribution is 2.26. The second kappa shape index (κ2) is 7.35. The van der Waals surface area contributed by atoms with Gasteiger partial charge in [0, 0.05) is 37.7 Å². The van der Waals surface area contributed by atoms with E-state index in [1.54, 1.807) is 12.1 Å². The monoisotopic (exact) mass is 324 g/mol. The third kappa shape index (κ3) is 3.56. The van der Waals surface area contributed by atoms with Crippen LogP contribution >= 0.6 is 0 Å². The third-order valence-corrected chi connectivity index (χ3v) is 6.41. The van der Waals surface area contributed by atoms with Crippen LogP contribution in [0.5, 0.6) is 0 Å². The molecule has 22 heavy (non-hydrogen) atoms. The van der Waals surface area contributed by atoms with E-state index in [0.29, 0.717) is 25.2 Å². The largest absolute Gasteiger partial charge is 0.294 e. The minimum absolute atomic E-state index is 0.00671. The first kappa shape index (κ1) is 17.1. The zero-order valence-corrected chi connectivity index (χ0v) is 14.1. The Morgan fingerprint density at radius 2 is 1.86 bits per heavy atom. The molecule has 2 rings (SSSR count). The van der Waals surface area contributed by atoms with E-state index < -0.39 is 10.2 Å². The quantitative estimate of drug-likeness (QED) is 0.723. The van der Waals surface area contributed by atoms with Gasteiger partial charge in [-0.2, -0.15) is 17.0 Å². The average Bonchev–Trinajstić information content (AvgIpc) is 2.98. The Balaban J connectivity index is 2.13. The molecular formula is C16H24N2O3S. The molecule has 0 spiro atoms. The van der Waals surface area contributed by atoms with Crippen LogP contribution < -0.4 is 0 Å². The van der Waals surface area contributed by atoms with Crippen molar-refractivity contribution in [1.82, 2.24) is 8.61 Å². The Labute approximate surface area is 133 Å². The lowest BCUT2D eigenvalue weighted by Gasteiger charge is -2.29. The second-order valence-corrected chi connectivity index (χ2v) is 7.37. The molecule has 5 nitrogen and oxygen atoms in total. The summed E-state index contributed by atoms with van der Waals surface area (Å²) in [4.78, 5) is 12.3. The molecule has 0 aliphatic carbocycles. The van der Waals surface area contributed by atoms with Gasteiger partial charge in [-0.1, -0.05) is 44.2 Å². The molecule has 1 aromatic carbocycles. The zero-order chi connectivity index (χ0) is 16.2. The predicted molar refractivity (Wildman–Crippen MR) is 87.0 cm³/mol. The number of carbonyl (C=O) groups is 1. The first-order chi connectivity index (χ1) is 10.5. The van der Waals surface area contributed by atoms with E-state index in [1.165, 1.54) is 8.61 Å². The van der Waals surface area contributed by atoms with Crippen LogP contribution in [0, 0.1) is 0 Å². The highest BCUT2D eigenvalue weighted by molar-refractivity contribution is 7.86. The van der Waals surface area contributed by atoms with E-state index in [9.17, 15) is 13.2 Å². The molecule has 1 heterocycles. The van der Waals surface area contributed by atoms with E-state index in [0.717, 1.165) is 12.8 Å². The molecule has 0 unspecified atom stereocenters. The van der Waals surface area contributed by atoms with Gasteiger partial charge in [0.05, 0.1) is 0 Å². The van der Waals surface area contributed by atoms with Crippen molar-refractivity contribution in [2.24, 2.45) is 0 Å². The minimum Gasteiger partial charge on any atom is -0.294 e. The highest BCUT2D eigenvalue weighted by Gasteiger charge is 2.37. The molecule has 122 valence electrons. The number of rotatable bonds is 7. The highest BCUT2D eigenvalue weighted by atomic mass is 32.2. The lowest BCUT2D eigenvalue weighted by atomic mass is 10.0. The average molecular weight is 324 g/mol. The van der Waals surface area contributed by atoms with Crippen LogP contribution in [0.2, 0.25) is 0 Å². The molecule has 0 amide bonds. The smallest absolute Gasteiger partial charge is 0.282 e. The van der Waals surface area contributed by atoms with Crippen molar-refractivity contribution >= 4 is 16.0 Å². The first-order valence-electron chi connectivity index (χ1n) is 7.85. The maximum absolute atomic E-state index is 12.7. The normalized spacial score (nSPS) is 19.7. The van der Waals surface area contributed by atoms with Gasteiger partial charge in [-0.05, 0) is 12.8 Å². The first-order valence-corrected chi connectivity index (χ1v) is 9.25. The lowest BCUT2D eigenvalue weighted by molar-refractivity contribution is 0.0960. The Hall–Kier alpha value is -1.24. The third-order valence-electron chi connectivity index (χ3n) is 4.17. The van der Waals surface area contributed by atoms with E-state index in [2.05, 4.69) is 0 Å². The molecule has 1 aliphatic heterocycles. The van der Waals surface area contributed by atoms with Crippen molar-refractivity contribution in [3.63, 3.8) is 0 Å². The summed E-state index contributed by atoms with van der Waals surface area (Å²) in [6, 6.07) is 8.85. The van der Waals surface area contributed by atoms with Gasteiger partial charge in [0.1, 0.15) is 0 Å². The summed E-state index contributed by atoms with van der Waals surface area (Å²) in [5, 5.41) is 0. The van der Waals surface area contributed by atoms with Gasteiger partial charge in [-0.3, -0.25) is 4.79 Å². The van der Waals surface area contributed by atoms with E-state index in [-0.39, 0.29) is 18.2 Å². The predicted octanol–water partition coefficient (Wildman–Crippen LogP) is 2.31. The number of hydrogen-bond acceptors (Lipinski definition) is 3. The van der Waals surface area contributed by atoms with Crippen molar-refractivity contribution < 1.29 is 13.2 Å². The molecule has 1 atom stereocenters. The number of ketones is 1. The van der Waals surface area contributed by atoms with Crippen LogP contribution in [-0.2, 0) is 10.2 Å². The van der Waals surface area contributed by atoms with Crippen molar-refractivity contribution in [3.8, 4) is 0 Å². The maximum atomic E-state index is 12.7. The van der Waals surface area contributed by atoms with Gasteiger partial charge >= 0.3 is 0 Å². The van der Waals surface area contributed by atoms with Crippen molar-refractivity contribution in [1.29, 1.82) is 0 Å². The van der Waals surface area contributed by atoms with Gasteiger partial charge in [0.25, 0.3) is 10.2 Å². The molecule has 1 saturated heterocycles. The van der Waals surface area contributed by atoms with Crippen LogP contribution in [0.25, 0.3) is 0 Å². The van der Waals surface area contributed by atoms with Gasteiger partial charge < -0.3 is 0 Å². The molecule has 0 radical (unpaired) electrons.